The Morgan fingerprint density at radius 3 is 2.74 bits per heavy atom. The van der Waals surface area contributed by atoms with Gasteiger partial charge in [0.2, 0.25) is 5.95 Å². The predicted octanol–water partition coefficient (Wildman–Crippen LogP) is 5.46. The van der Waals surface area contributed by atoms with Crippen LogP contribution in [-0.2, 0) is 6.54 Å². The molecule has 3 aromatic rings. The number of anilines is 1. The van der Waals surface area contributed by atoms with Crippen molar-refractivity contribution in [3.05, 3.63) is 38.1 Å². The minimum Gasteiger partial charge on any atom is -0.356 e. The van der Waals surface area contributed by atoms with E-state index in [1.165, 1.54) is 0 Å². The van der Waals surface area contributed by atoms with Gasteiger partial charge in [-0.15, -0.1) is 36.2 Å². The molecule has 0 aliphatic carbocycles. The lowest BCUT2D eigenvalue weighted by Gasteiger charge is -2.05. The quantitative estimate of drug-likeness (QED) is 0.357. The largest absolute Gasteiger partial charge is 0.356 e. The molecule has 0 aliphatic heterocycles. The molecule has 0 spiro atoms. The second-order valence-electron chi connectivity index (χ2n) is 5.55. The van der Waals surface area contributed by atoms with Crippen LogP contribution in [0.25, 0.3) is 11.2 Å². The number of hydrogen-bond acceptors (Lipinski definition) is 5. The summed E-state index contributed by atoms with van der Waals surface area (Å²) in [5.74, 6) is 0.702. The smallest absolute Gasteiger partial charge is 0.273 e. The molecule has 11 heteroatoms. The maximum Gasteiger partial charge on any atom is 0.273 e. The Labute approximate surface area is 180 Å². The molecule has 0 aliphatic rings. The highest BCUT2D eigenvalue weighted by atomic mass is 79.9. The van der Waals surface area contributed by atoms with Gasteiger partial charge in [-0.3, -0.25) is 0 Å². The summed E-state index contributed by atoms with van der Waals surface area (Å²) in [7, 11) is 0. The Balaban J connectivity index is 0.00000182. The molecule has 0 unspecified atom stereocenters. The zero-order chi connectivity index (χ0) is 17.8. The van der Waals surface area contributed by atoms with Crippen LogP contribution in [-0.4, -0.2) is 28.0 Å². The molecule has 0 bridgehead atoms. The van der Waals surface area contributed by atoms with Gasteiger partial charge in [-0.05, 0) is 53.5 Å². The van der Waals surface area contributed by atoms with Crippen molar-refractivity contribution in [3.8, 4) is 0 Å². The minimum absolute atomic E-state index is 0. The van der Waals surface area contributed by atoms with Crippen LogP contribution in [0.2, 0.25) is 0 Å². The number of aromatic nitrogens is 3. The van der Waals surface area contributed by atoms with E-state index in [4.69, 9.17) is 0 Å². The first-order chi connectivity index (χ1) is 12.1. The number of nitrogens with one attached hydrogen (secondary N) is 3. The van der Waals surface area contributed by atoms with Gasteiger partial charge in [0.15, 0.2) is 5.65 Å². The number of H-pyrrole nitrogens is 1. The van der Waals surface area contributed by atoms with Crippen LogP contribution in [0.5, 0.6) is 0 Å². The van der Waals surface area contributed by atoms with Crippen molar-refractivity contribution in [2.45, 2.75) is 26.3 Å². The molecular weight excluding hydrogens is 483 g/mol. The van der Waals surface area contributed by atoms with Crippen molar-refractivity contribution < 1.29 is 8.78 Å². The summed E-state index contributed by atoms with van der Waals surface area (Å²) in [6.07, 6.45) is 0.160. The second-order valence-corrected chi connectivity index (χ2v) is 7.48. The number of thiophene rings is 1. The van der Waals surface area contributed by atoms with Crippen molar-refractivity contribution in [3.63, 3.8) is 0 Å². The van der Waals surface area contributed by atoms with E-state index in [1.807, 2.05) is 19.1 Å². The van der Waals surface area contributed by atoms with Crippen molar-refractivity contribution >= 4 is 69.2 Å². The van der Waals surface area contributed by atoms with Crippen LogP contribution in [0.3, 0.4) is 0 Å². The normalized spacial score (nSPS) is 10.7. The fraction of sp³-hybridized carbons (Fsp3) is 0.375. The molecule has 0 amide bonds. The third kappa shape index (κ3) is 5.99. The van der Waals surface area contributed by atoms with Gasteiger partial charge in [0.05, 0.1) is 10.4 Å². The summed E-state index contributed by atoms with van der Waals surface area (Å²) < 4.78 is 26.3. The van der Waals surface area contributed by atoms with E-state index in [0.717, 1.165) is 46.8 Å². The number of nitrogens with zero attached hydrogens (tertiary/aromatic N) is 2. The molecule has 150 valence electrons. The average Bonchev–Trinajstić information content (AvgIpc) is 3.13. The van der Waals surface area contributed by atoms with Gasteiger partial charge < -0.3 is 15.6 Å². The highest BCUT2D eigenvalue weighted by Gasteiger charge is 2.19. The fourth-order valence-electron chi connectivity index (χ4n) is 2.42. The Kier molecular flexibility index (Phi) is 9.89. The minimum atomic E-state index is -2.44. The van der Waals surface area contributed by atoms with Crippen molar-refractivity contribution in [2.75, 3.05) is 18.4 Å². The molecule has 0 radical (unpaired) electrons. The molecule has 0 atom stereocenters. The van der Waals surface area contributed by atoms with Gasteiger partial charge >= 0.3 is 0 Å². The number of pyridine rings is 1. The highest BCUT2D eigenvalue weighted by molar-refractivity contribution is 9.10. The molecule has 3 heterocycles. The maximum atomic E-state index is 12.9. The van der Waals surface area contributed by atoms with Gasteiger partial charge in [0.1, 0.15) is 0 Å². The van der Waals surface area contributed by atoms with E-state index in [2.05, 4.69) is 41.5 Å². The predicted molar refractivity (Wildman–Crippen MR) is 115 cm³/mol. The fourth-order valence-corrected chi connectivity index (χ4v) is 4.23. The van der Waals surface area contributed by atoms with Crippen LogP contribution >= 0.6 is 52.1 Å². The zero-order valence-corrected chi connectivity index (χ0v) is 18.4. The number of fused-ring (bicyclic) bond motifs is 1. The first-order valence-electron chi connectivity index (χ1n) is 7.87. The molecule has 3 aromatic heterocycles. The van der Waals surface area contributed by atoms with Crippen molar-refractivity contribution in [1.29, 1.82) is 0 Å². The lowest BCUT2D eigenvalue weighted by molar-refractivity contribution is 0.155. The monoisotopic (exact) mass is 501 g/mol. The van der Waals surface area contributed by atoms with Gasteiger partial charge in [-0.2, -0.15) is 4.98 Å². The lowest BCUT2D eigenvalue weighted by atomic mass is 10.2. The highest BCUT2D eigenvalue weighted by Crippen LogP contribution is 2.38. The topological polar surface area (TPSA) is 65.6 Å². The Morgan fingerprint density at radius 2 is 2.07 bits per heavy atom. The van der Waals surface area contributed by atoms with Crippen LogP contribution in [0.1, 0.15) is 28.2 Å². The van der Waals surface area contributed by atoms with E-state index in [0.29, 0.717) is 22.6 Å². The molecule has 3 rings (SSSR count). The number of rotatable bonds is 8. The lowest BCUT2D eigenvalue weighted by Crippen LogP contribution is -2.17. The van der Waals surface area contributed by atoms with Gasteiger partial charge in [-0.1, -0.05) is 0 Å². The standard InChI is InChI=1S/C16H18BrF2N5S.2ClH/c1-9-11(25-13(12(9)17)14(18)19)8-20-5-3-7-22-16-23-10-4-2-6-21-15(10)24-16;;/h2,4,6,14,20H,3,5,7-8H2,1H3,(H2,21,22,23,24);2*1H. The Hall–Kier alpha value is -1.000. The SMILES string of the molecule is Cc1c(CNCCCNc2nc3ncccc3[nH]2)sc(C(F)F)c1Br.Cl.Cl. The summed E-state index contributed by atoms with van der Waals surface area (Å²) in [5, 5.41) is 6.52. The molecular formula is C16H20BrCl2F2N5S. The van der Waals surface area contributed by atoms with Crippen LogP contribution < -0.4 is 10.6 Å². The number of imidazole rings is 1. The van der Waals surface area contributed by atoms with E-state index < -0.39 is 6.43 Å². The molecule has 0 saturated heterocycles. The van der Waals surface area contributed by atoms with Gasteiger partial charge in [-0.25, -0.2) is 13.8 Å². The summed E-state index contributed by atoms with van der Waals surface area (Å²) in [5.41, 5.74) is 2.48. The maximum absolute atomic E-state index is 12.9. The van der Waals surface area contributed by atoms with E-state index >= 15 is 0 Å². The van der Waals surface area contributed by atoms with E-state index in [1.54, 1.807) is 6.20 Å². The Bertz CT molecular complexity index is 826. The first-order valence-corrected chi connectivity index (χ1v) is 9.48. The van der Waals surface area contributed by atoms with Crippen LogP contribution in [0.4, 0.5) is 14.7 Å². The molecule has 0 fully saturated rings. The molecule has 0 aromatic carbocycles. The van der Waals surface area contributed by atoms with Crippen molar-refractivity contribution in [2.24, 2.45) is 0 Å². The molecule has 3 N–H and O–H groups in total. The first kappa shape index (κ1) is 24.0. The number of hydrogen-bond donors (Lipinski definition) is 3. The third-order valence-corrected chi connectivity index (χ3v) is 6.34. The van der Waals surface area contributed by atoms with Gasteiger partial charge in [0, 0.05) is 28.6 Å². The summed E-state index contributed by atoms with van der Waals surface area (Å²) in [6.45, 7) is 3.99. The second kappa shape index (κ2) is 11.1. The van der Waals surface area contributed by atoms with Crippen LogP contribution in [0.15, 0.2) is 22.8 Å². The molecule has 0 saturated carbocycles. The van der Waals surface area contributed by atoms with Crippen molar-refractivity contribution in [1.82, 2.24) is 20.3 Å². The summed E-state index contributed by atoms with van der Waals surface area (Å²) >= 11 is 4.41. The molecule has 27 heavy (non-hydrogen) atoms. The Morgan fingerprint density at radius 1 is 1.30 bits per heavy atom. The number of aromatic amines is 1. The summed E-state index contributed by atoms with van der Waals surface area (Å²) in [6, 6.07) is 3.79. The third-order valence-electron chi connectivity index (χ3n) is 3.76. The summed E-state index contributed by atoms with van der Waals surface area (Å²) in [4.78, 5) is 12.7. The van der Waals surface area contributed by atoms with Gasteiger partial charge in [0.25, 0.3) is 6.43 Å². The van der Waals surface area contributed by atoms with E-state index in [9.17, 15) is 8.78 Å². The zero-order valence-electron chi connectivity index (χ0n) is 14.4. The number of alkyl halides is 2. The molecule has 5 nitrogen and oxygen atoms in total. The average molecular weight is 503 g/mol. The number of halogens is 5. The van der Waals surface area contributed by atoms with E-state index in [-0.39, 0.29) is 29.7 Å². The van der Waals surface area contributed by atoms with Crippen LogP contribution in [0, 0.1) is 6.92 Å².